The van der Waals surface area contributed by atoms with Gasteiger partial charge in [0.2, 0.25) is 5.82 Å². The van der Waals surface area contributed by atoms with E-state index in [1.165, 1.54) is 16.9 Å². The normalized spacial score (nSPS) is 14.4. The molecule has 0 amide bonds. The molecule has 14 heteroatoms. The van der Waals surface area contributed by atoms with E-state index in [0.717, 1.165) is 42.3 Å². The molecule has 0 unspecified atom stereocenters. The molecule has 2 N–H and O–H groups in total. The maximum Gasteiger partial charge on any atom is 0.294 e. The number of hydrogen-bond donors (Lipinski definition) is 2. The first-order valence-electron chi connectivity index (χ1n) is 13.9. The Morgan fingerprint density at radius 2 is 1.55 bits per heavy atom. The van der Waals surface area contributed by atoms with Crippen molar-refractivity contribution in [2.24, 2.45) is 15.5 Å². The van der Waals surface area contributed by atoms with Crippen molar-refractivity contribution < 1.29 is 21.4 Å². The van der Waals surface area contributed by atoms with Crippen LogP contribution in [-0.2, 0) is 20.1 Å². The standard InChI is InChI=1S/C30H33N7O5S2/c1-6-36(7-2)23-17-15-21(16-18-23)31-26-27(30(3,4)5)33-37-29(26)32-28(34-37)20-11-13-22(14-12-20)35-43(38,39)24-9-8-10-25(19-24)44(40,41)42/h8-19,35H,6-7H2,1-5H3,(H,40,41,42)/b31-26-. The lowest BCUT2D eigenvalue weighted by atomic mass is 9.87. The van der Waals surface area contributed by atoms with Crippen molar-refractivity contribution in [2.75, 3.05) is 22.7 Å². The fourth-order valence-corrected chi connectivity index (χ4v) is 6.36. The minimum absolute atomic E-state index is 0.237. The molecule has 1 aromatic heterocycles. The number of sulfonamides is 1. The van der Waals surface area contributed by atoms with Gasteiger partial charge in [-0.2, -0.15) is 13.5 Å². The van der Waals surface area contributed by atoms with E-state index in [1.54, 1.807) is 24.3 Å². The summed E-state index contributed by atoms with van der Waals surface area (Å²) in [5.41, 5.74) is 3.82. The molecule has 1 aliphatic heterocycles. The van der Waals surface area contributed by atoms with Gasteiger partial charge in [0.25, 0.3) is 20.1 Å². The summed E-state index contributed by atoms with van der Waals surface area (Å²) in [5.74, 6) is 0.887. The molecule has 0 saturated carbocycles. The summed E-state index contributed by atoms with van der Waals surface area (Å²) < 4.78 is 60.3. The second-order valence-corrected chi connectivity index (χ2v) is 14.2. The van der Waals surface area contributed by atoms with Crippen LogP contribution in [-0.4, -0.2) is 60.8 Å². The van der Waals surface area contributed by atoms with Crippen molar-refractivity contribution in [1.82, 2.24) is 14.9 Å². The summed E-state index contributed by atoms with van der Waals surface area (Å²) in [4.78, 5) is 12.6. The van der Waals surface area contributed by atoms with Crippen LogP contribution in [0.25, 0.3) is 11.4 Å². The van der Waals surface area contributed by atoms with Crippen LogP contribution < -0.4 is 9.62 Å². The summed E-state index contributed by atoms with van der Waals surface area (Å²) in [7, 11) is -8.70. The molecule has 12 nitrogen and oxygen atoms in total. The summed E-state index contributed by atoms with van der Waals surface area (Å²) >= 11 is 0. The van der Waals surface area contributed by atoms with Crippen molar-refractivity contribution in [3.05, 3.63) is 78.6 Å². The first-order chi connectivity index (χ1) is 20.7. The topological polar surface area (TPSA) is 159 Å². The molecule has 0 aliphatic carbocycles. The third-order valence-electron chi connectivity index (χ3n) is 6.96. The van der Waals surface area contributed by atoms with Crippen LogP contribution in [0.2, 0.25) is 0 Å². The number of aromatic nitrogens is 3. The van der Waals surface area contributed by atoms with E-state index in [4.69, 9.17) is 15.1 Å². The van der Waals surface area contributed by atoms with E-state index in [0.29, 0.717) is 22.9 Å². The van der Waals surface area contributed by atoms with Crippen LogP contribution in [0.4, 0.5) is 17.1 Å². The minimum atomic E-state index is -4.56. The number of hydrogen-bond acceptors (Lipinski definition) is 9. The van der Waals surface area contributed by atoms with E-state index in [-0.39, 0.29) is 16.0 Å². The summed E-state index contributed by atoms with van der Waals surface area (Å²) in [6, 6.07) is 18.9. The maximum absolute atomic E-state index is 12.9. The second-order valence-electron chi connectivity index (χ2n) is 11.1. The Bertz CT molecular complexity index is 1970. The Labute approximate surface area is 257 Å². The number of benzene rings is 3. The number of anilines is 2. The Morgan fingerprint density at radius 1 is 0.909 bits per heavy atom. The van der Waals surface area contributed by atoms with Gasteiger partial charge in [0.05, 0.1) is 21.2 Å². The third kappa shape index (κ3) is 6.42. The molecule has 230 valence electrons. The smallest absolute Gasteiger partial charge is 0.294 e. The number of fused-ring (bicyclic) bond motifs is 1. The van der Waals surface area contributed by atoms with Gasteiger partial charge in [-0.3, -0.25) is 9.27 Å². The molecule has 4 aromatic rings. The molecule has 5 rings (SSSR count). The van der Waals surface area contributed by atoms with Gasteiger partial charge in [-0.05, 0) is 80.6 Å². The second kappa shape index (κ2) is 11.6. The summed E-state index contributed by atoms with van der Waals surface area (Å²) in [6.45, 7) is 12.2. The van der Waals surface area contributed by atoms with Gasteiger partial charge in [-0.1, -0.05) is 26.8 Å². The summed E-state index contributed by atoms with van der Waals surface area (Å²) in [5, 5.41) is 9.28. The molecular weight excluding hydrogens is 603 g/mol. The van der Waals surface area contributed by atoms with Gasteiger partial charge in [-0.15, -0.1) is 9.89 Å². The lowest BCUT2D eigenvalue weighted by Gasteiger charge is -2.21. The highest BCUT2D eigenvalue weighted by Crippen LogP contribution is 2.30. The number of nitrogens with zero attached hydrogens (tertiary/aromatic N) is 6. The Morgan fingerprint density at radius 3 is 2.14 bits per heavy atom. The largest absolute Gasteiger partial charge is 0.372 e. The van der Waals surface area contributed by atoms with Gasteiger partial charge < -0.3 is 4.90 Å². The van der Waals surface area contributed by atoms with E-state index in [1.807, 2.05) is 24.3 Å². The van der Waals surface area contributed by atoms with Gasteiger partial charge in [-0.25, -0.2) is 18.4 Å². The highest BCUT2D eigenvalue weighted by Gasteiger charge is 2.35. The van der Waals surface area contributed by atoms with E-state index in [2.05, 4.69) is 49.3 Å². The van der Waals surface area contributed by atoms with Gasteiger partial charge in [0.1, 0.15) is 5.71 Å². The molecule has 3 aromatic carbocycles. The third-order valence-corrected chi connectivity index (χ3v) is 9.19. The molecule has 0 radical (unpaired) electrons. The predicted molar refractivity (Wildman–Crippen MR) is 171 cm³/mol. The van der Waals surface area contributed by atoms with Crippen molar-refractivity contribution >= 4 is 48.6 Å². The van der Waals surface area contributed by atoms with Crippen LogP contribution in [0.3, 0.4) is 0 Å². The summed E-state index contributed by atoms with van der Waals surface area (Å²) in [6.07, 6.45) is 0. The molecule has 0 fully saturated rings. The minimum Gasteiger partial charge on any atom is -0.372 e. The van der Waals surface area contributed by atoms with Crippen molar-refractivity contribution in [2.45, 2.75) is 44.4 Å². The average Bonchev–Trinajstić information content (AvgIpc) is 3.54. The average molecular weight is 636 g/mol. The van der Waals surface area contributed by atoms with Crippen LogP contribution in [0, 0.1) is 5.41 Å². The molecule has 44 heavy (non-hydrogen) atoms. The Kier molecular flexibility index (Phi) is 8.18. The van der Waals surface area contributed by atoms with Crippen molar-refractivity contribution in [1.29, 1.82) is 0 Å². The fourth-order valence-electron chi connectivity index (χ4n) is 4.66. The zero-order valence-electron chi connectivity index (χ0n) is 24.9. The number of rotatable bonds is 9. The van der Waals surface area contributed by atoms with Crippen LogP contribution in [0.15, 0.2) is 92.7 Å². The maximum atomic E-state index is 12.9. The lowest BCUT2D eigenvalue weighted by Crippen LogP contribution is -2.27. The lowest BCUT2D eigenvalue weighted by molar-refractivity contribution is 0.483. The monoisotopic (exact) mass is 635 g/mol. The van der Waals surface area contributed by atoms with E-state index >= 15 is 0 Å². The molecule has 2 heterocycles. The highest BCUT2D eigenvalue weighted by molar-refractivity contribution is 7.92. The first kappa shape index (κ1) is 31.0. The zero-order valence-corrected chi connectivity index (χ0v) is 26.6. The van der Waals surface area contributed by atoms with Gasteiger partial charge in [0, 0.05) is 35.4 Å². The van der Waals surface area contributed by atoms with Crippen LogP contribution in [0.1, 0.15) is 40.4 Å². The molecule has 0 atom stereocenters. The molecular formula is C30H33N7O5S2. The number of aliphatic imine (C=N–C) groups is 1. The molecule has 1 aliphatic rings. The molecule has 0 saturated heterocycles. The Balaban J connectivity index is 1.42. The van der Waals surface area contributed by atoms with E-state index < -0.39 is 25.0 Å². The Hall–Kier alpha value is -4.40. The fraction of sp³-hybridized carbons (Fsp3) is 0.267. The molecule has 0 bridgehead atoms. The van der Waals surface area contributed by atoms with Crippen molar-refractivity contribution in [3.63, 3.8) is 0 Å². The molecule has 0 spiro atoms. The van der Waals surface area contributed by atoms with Gasteiger partial charge >= 0.3 is 0 Å². The van der Waals surface area contributed by atoms with Crippen LogP contribution in [0.5, 0.6) is 0 Å². The van der Waals surface area contributed by atoms with Crippen molar-refractivity contribution in [3.8, 4) is 11.4 Å². The number of nitrogens with one attached hydrogen (secondary N) is 1. The highest BCUT2D eigenvalue weighted by atomic mass is 32.2. The SMILES string of the molecule is CCN(CC)c1ccc(/N=C2/C(C(C)(C)C)=Nn3nc(-c4ccc(NS(=O)(=O)c5cccc(S(=O)(=O)O)c5)cc4)nc32)cc1. The first-order valence-corrected chi connectivity index (χ1v) is 16.8. The predicted octanol–water partition coefficient (Wildman–Crippen LogP) is 5.22. The quantitative estimate of drug-likeness (QED) is 0.237. The van der Waals surface area contributed by atoms with E-state index in [9.17, 15) is 21.4 Å². The van der Waals surface area contributed by atoms with Crippen LogP contribution >= 0.6 is 0 Å². The van der Waals surface area contributed by atoms with Gasteiger partial charge in [0.15, 0.2) is 5.82 Å². The zero-order chi connectivity index (χ0) is 31.9.